The number of anilines is 2. The van der Waals surface area contributed by atoms with Gasteiger partial charge in [0.05, 0.1) is 11.7 Å². The van der Waals surface area contributed by atoms with E-state index in [1.807, 2.05) is 23.1 Å². The van der Waals surface area contributed by atoms with Crippen molar-refractivity contribution in [2.75, 3.05) is 24.1 Å². The maximum Gasteiger partial charge on any atom is 0.251 e. The number of likely N-dealkylation sites (tertiary alicyclic amines) is 1. The predicted molar refractivity (Wildman–Crippen MR) is 116 cm³/mol. The molecule has 4 aromatic rings. The van der Waals surface area contributed by atoms with Crippen molar-refractivity contribution in [3.8, 4) is 11.3 Å². The van der Waals surface area contributed by atoms with E-state index >= 15 is 0 Å². The molecule has 2 fully saturated rings. The Labute approximate surface area is 186 Å². The first-order chi connectivity index (χ1) is 15.9. The Balaban J connectivity index is 1.20. The van der Waals surface area contributed by atoms with Gasteiger partial charge in [-0.2, -0.15) is 10.1 Å². The molecule has 5 heterocycles. The van der Waals surface area contributed by atoms with Crippen LogP contribution in [0.5, 0.6) is 0 Å². The van der Waals surface area contributed by atoms with Gasteiger partial charge in [0.25, 0.3) is 5.92 Å². The van der Waals surface area contributed by atoms with Crippen LogP contribution in [0.25, 0.3) is 22.4 Å². The molecular formula is C21H22F3N9. The number of nitrogens with two attached hydrogens (primary N) is 1. The van der Waals surface area contributed by atoms with Gasteiger partial charge in [0.2, 0.25) is 5.95 Å². The van der Waals surface area contributed by atoms with Crippen molar-refractivity contribution in [2.24, 2.45) is 0 Å². The lowest BCUT2D eigenvalue weighted by atomic mass is 9.85. The highest BCUT2D eigenvalue weighted by Crippen LogP contribution is 2.41. The average Bonchev–Trinajstić information content (AvgIpc) is 3.40. The largest absolute Gasteiger partial charge is 0.382 e. The Morgan fingerprint density at radius 1 is 1.09 bits per heavy atom. The van der Waals surface area contributed by atoms with Gasteiger partial charge in [-0.25, -0.2) is 27.2 Å². The van der Waals surface area contributed by atoms with E-state index in [1.54, 1.807) is 27.6 Å². The monoisotopic (exact) mass is 457 g/mol. The van der Waals surface area contributed by atoms with Gasteiger partial charge in [0.1, 0.15) is 11.7 Å². The molecule has 0 bridgehead atoms. The Kier molecular flexibility index (Phi) is 4.47. The molecule has 1 saturated heterocycles. The molecule has 172 valence electrons. The fourth-order valence-electron chi connectivity index (χ4n) is 4.76. The van der Waals surface area contributed by atoms with Crippen molar-refractivity contribution in [1.82, 2.24) is 34.1 Å². The third kappa shape index (κ3) is 3.54. The topological polar surface area (TPSA) is 102 Å². The number of piperidine rings is 1. The second-order valence-electron chi connectivity index (χ2n) is 8.76. The zero-order chi connectivity index (χ0) is 22.7. The Bertz CT molecular complexity index is 1330. The van der Waals surface area contributed by atoms with E-state index in [-0.39, 0.29) is 37.2 Å². The summed E-state index contributed by atoms with van der Waals surface area (Å²) in [4.78, 5) is 10.4. The number of hydrogen-bond acceptors (Lipinski definition) is 7. The highest BCUT2D eigenvalue weighted by atomic mass is 19.3. The van der Waals surface area contributed by atoms with Crippen LogP contribution in [0, 0.1) is 0 Å². The van der Waals surface area contributed by atoms with Crippen molar-refractivity contribution in [2.45, 2.75) is 43.4 Å². The minimum atomic E-state index is -2.61. The molecule has 1 aliphatic carbocycles. The number of rotatable bonds is 4. The highest BCUT2D eigenvalue weighted by molar-refractivity contribution is 5.86. The maximum absolute atomic E-state index is 14.8. The summed E-state index contributed by atoms with van der Waals surface area (Å²) in [7, 11) is 0. The summed E-state index contributed by atoms with van der Waals surface area (Å²) in [5, 5.41) is 12.0. The van der Waals surface area contributed by atoms with Crippen LogP contribution in [0.4, 0.5) is 24.9 Å². The summed E-state index contributed by atoms with van der Waals surface area (Å²) in [6.07, 6.45) is 4.05. The summed E-state index contributed by atoms with van der Waals surface area (Å²) in [6.45, 7) is 0.666. The van der Waals surface area contributed by atoms with E-state index in [1.165, 1.54) is 0 Å². The molecule has 1 saturated carbocycles. The van der Waals surface area contributed by atoms with Crippen LogP contribution >= 0.6 is 0 Å². The molecule has 33 heavy (non-hydrogen) atoms. The van der Waals surface area contributed by atoms with Crippen LogP contribution in [0.15, 0.2) is 36.8 Å². The Morgan fingerprint density at radius 2 is 1.94 bits per heavy atom. The first-order valence-corrected chi connectivity index (χ1v) is 10.8. The zero-order valence-electron chi connectivity index (χ0n) is 17.6. The van der Waals surface area contributed by atoms with E-state index in [2.05, 4.69) is 25.5 Å². The standard InChI is InChI=1S/C21H22F3N9/c22-14-11-31(12-9-21(23,24)10-12)6-4-16(14)27-20-28-19(25)18-13(3-7-33(18)30-20)15-1-2-17-26-5-8-32(17)29-15/h1-3,5,7-8,12,14,16H,4,6,9-11H2,(H3,25,27,28,30). The molecule has 9 nitrogen and oxygen atoms in total. The summed E-state index contributed by atoms with van der Waals surface area (Å²) in [5.41, 5.74) is 9.05. The third-order valence-electron chi connectivity index (χ3n) is 6.54. The van der Waals surface area contributed by atoms with E-state index in [4.69, 9.17) is 5.73 Å². The van der Waals surface area contributed by atoms with Crippen molar-refractivity contribution < 1.29 is 13.2 Å². The van der Waals surface area contributed by atoms with E-state index in [0.717, 1.165) is 11.2 Å². The van der Waals surface area contributed by atoms with Crippen LogP contribution in [-0.4, -0.2) is 71.4 Å². The van der Waals surface area contributed by atoms with Crippen molar-refractivity contribution in [3.05, 3.63) is 36.8 Å². The molecule has 2 atom stereocenters. The van der Waals surface area contributed by atoms with Gasteiger partial charge in [-0.3, -0.25) is 4.90 Å². The number of nitrogens with zero attached hydrogens (tertiary/aromatic N) is 7. The van der Waals surface area contributed by atoms with Crippen LogP contribution in [-0.2, 0) is 0 Å². The minimum absolute atomic E-state index is 0.117. The fourth-order valence-corrected chi connectivity index (χ4v) is 4.76. The summed E-state index contributed by atoms with van der Waals surface area (Å²) < 4.78 is 44.4. The normalized spacial score (nSPS) is 23.7. The molecule has 0 amide bonds. The number of fused-ring (bicyclic) bond motifs is 2. The van der Waals surface area contributed by atoms with Gasteiger partial charge in [-0.1, -0.05) is 0 Å². The number of imidazole rings is 1. The molecule has 2 aliphatic rings. The number of alkyl halides is 3. The third-order valence-corrected chi connectivity index (χ3v) is 6.54. The Morgan fingerprint density at radius 3 is 2.73 bits per heavy atom. The molecule has 4 aromatic heterocycles. The molecule has 6 rings (SSSR count). The van der Waals surface area contributed by atoms with E-state index < -0.39 is 18.1 Å². The van der Waals surface area contributed by atoms with Gasteiger partial charge < -0.3 is 11.1 Å². The zero-order valence-corrected chi connectivity index (χ0v) is 17.6. The molecule has 0 aromatic carbocycles. The number of halogens is 3. The summed E-state index contributed by atoms with van der Waals surface area (Å²) >= 11 is 0. The van der Waals surface area contributed by atoms with E-state index in [0.29, 0.717) is 24.2 Å². The quantitative estimate of drug-likeness (QED) is 0.486. The van der Waals surface area contributed by atoms with Crippen LogP contribution in [0.3, 0.4) is 0 Å². The van der Waals surface area contributed by atoms with E-state index in [9.17, 15) is 13.2 Å². The summed E-state index contributed by atoms with van der Waals surface area (Å²) in [5.74, 6) is -2.15. The van der Waals surface area contributed by atoms with Gasteiger partial charge in [-0.15, -0.1) is 5.10 Å². The molecule has 0 radical (unpaired) electrons. The summed E-state index contributed by atoms with van der Waals surface area (Å²) in [6, 6.07) is 4.80. The SMILES string of the molecule is Nc1nc(NC2CCN(C3CC(F)(F)C3)CC2F)nn2ccc(-c3ccc4nccn4n3)c12. The molecule has 0 spiro atoms. The van der Waals surface area contributed by atoms with Gasteiger partial charge in [0, 0.05) is 56.1 Å². The van der Waals surface area contributed by atoms with Gasteiger partial charge in [0.15, 0.2) is 11.5 Å². The molecule has 1 aliphatic heterocycles. The molecule has 2 unspecified atom stereocenters. The van der Waals surface area contributed by atoms with Crippen molar-refractivity contribution >= 4 is 22.9 Å². The first-order valence-electron chi connectivity index (χ1n) is 10.8. The van der Waals surface area contributed by atoms with Crippen LogP contribution in [0.1, 0.15) is 19.3 Å². The lowest BCUT2D eigenvalue weighted by Crippen LogP contribution is -2.57. The Hall–Kier alpha value is -3.41. The highest BCUT2D eigenvalue weighted by Gasteiger charge is 2.49. The first kappa shape index (κ1) is 20.2. The van der Waals surface area contributed by atoms with Gasteiger partial charge in [-0.05, 0) is 24.6 Å². The second kappa shape index (κ2) is 7.30. The second-order valence-corrected chi connectivity index (χ2v) is 8.76. The lowest BCUT2D eigenvalue weighted by Gasteiger charge is -2.46. The smallest absolute Gasteiger partial charge is 0.251 e. The molecule has 3 N–H and O–H groups in total. The molecule has 12 heteroatoms. The van der Waals surface area contributed by atoms with Crippen LogP contribution < -0.4 is 11.1 Å². The van der Waals surface area contributed by atoms with Gasteiger partial charge >= 0.3 is 0 Å². The number of hydrogen-bond donors (Lipinski definition) is 2. The number of nitrogen functional groups attached to an aromatic ring is 1. The van der Waals surface area contributed by atoms with Crippen molar-refractivity contribution in [3.63, 3.8) is 0 Å². The maximum atomic E-state index is 14.8. The minimum Gasteiger partial charge on any atom is -0.382 e. The average molecular weight is 457 g/mol. The fraction of sp³-hybridized carbons (Fsp3) is 0.429. The number of aromatic nitrogens is 6. The van der Waals surface area contributed by atoms with Crippen molar-refractivity contribution in [1.29, 1.82) is 0 Å². The lowest BCUT2D eigenvalue weighted by molar-refractivity contribution is -0.131. The predicted octanol–water partition coefficient (Wildman–Crippen LogP) is 2.64. The van der Waals surface area contributed by atoms with Crippen LogP contribution in [0.2, 0.25) is 0 Å². The molecular weight excluding hydrogens is 435 g/mol. The number of nitrogens with one attached hydrogen (secondary N) is 1.